The van der Waals surface area contributed by atoms with E-state index in [-0.39, 0.29) is 11.8 Å². The smallest absolute Gasteiger partial charge is 0.306 e. The normalized spacial score (nSPS) is 11.1. The fourth-order valence-corrected chi connectivity index (χ4v) is 4.58. The number of esters is 1. The van der Waals surface area contributed by atoms with Crippen LogP contribution in [0.1, 0.15) is 70.7 Å². The minimum absolute atomic E-state index is 0.166. The Kier molecular flexibility index (Phi) is 12.4. The number of carbonyl (C=O) groups excluding carboxylic acids is 1. The Morgan fingerprint density at radius 1 is 0.860 bits per heavy atom. The van der Waals surface area contributed by atoms with Crippen molar-refractivity contribution >= 4 is 50.1 Å². The Bertz CT molecular complexity index is 1540. The molecule has 0 fully saturated rings. The first-order valence-electron chi connectivity index (χ1n) is 14.3. The second kappa shape index (κ2) is 15.9. The summed E-state index contributed by atoms with van der Waals surface area (Å²) in [5.74, 6) is 0.975. The largest absolute Gasteiger partial charge is 0.460 e. The summed E-state index contributed by atoms with van der Waals surface area (Å²) >= 11 is 3.26. The molecule has 2 aromatic heterocycles. The summed E-state index contributed by atoms with van der Waals surface area (Å²) in [6, 6.07) is 14.5. The van der Waals surface area contributed by atoms with Crippen LogP contribution in [-0.2, 0) is 22.4 Å². The van der Waals surface area contributed by atoms with Gasteiger partial charge in [-0.15, -0.1) is 0 Å². The van der Waals surface area contributed by atoms with Crippen LogP contribution in [0.5, 0.6) is 0 Å². The van der Waals surface area contributed by atoms with Crippen molar-refractivity contribution in [3.8, 4) is 11.3 Å². The molecule has 43 heavy (non-hydrogen) atoms. The molecular weight excluding hydrogens is 608 g/mol. The van der Waals surface area contributed by atoms with Crippen LogP contribution in [0.2, 0.25) is 0 Å². The van der Waals surface area contributed by atoms with Gasteiger partial charge in [0.1, 0.15) is 21.8 Å². The molecule has 0 amide bonds. The summed E-state index contributed by atoms with van der Waals surface area (Å²) in [4.78, 5) is 28.8. The van der Waals surface area contributed by atoms with Crippen LogP contribution < -0.4 is 17.2 Å². The zero-order chi connectivity index (χ0) is 31.4. The van der Waals surface area contributed by atoms with Gasteiger partial charge in [0.2, 0.25) is 0 Å². The molecule has 0 spiro atoms. The predicted molar refractivity (Wildman–Crippen MR) is 176 cm³/mol. The lowest BCUT2D eigenvalue weighted by atomic mass is 10.0. The molecule has 0 atom stereocenters. The number of nitrogens with zero attached hydrogens (tertiary/aromatic N) is 4. The van der Waals surface area contributed by atoms with E-state index in [0.717, 1.165) is 54.7 Å². The third-order valence-corrected chi connectivity index (χ3v) is 6.73. The molecule has 7 N–H and O–H groups in total. The molecule has 0 unspecified atom stereocenters. The number of fused-ring (bicyclic) bond motifs is 1. The van der Waals surface area contributed by atoms with E-state index in [1.165, 1.54) is 10.8 Å². The quantitative estimate of drug-likeness (QED) is 0.0619. The molecule has 0 aliphatic carbocycles. The minimum Gasteiger partial charge on any atom is -0.460 e. The van der Waals surface area contributed by atoms with Crippen molar-refractivity contribution in [3.05, 3.63) is 70.8 Å². The minimum atomic E-state index is -0.419. The van der Waals surface area contributed by atoms with Gasteiger partial charge < -0.3 is 21.9 Å². The standard InChI is InChI=1S/C19H21N5.C13H20BrN3O2/c20-18(21)8-4-3-7-16-19(22)23-12-17(24-16)15-10-9-13-5-1-2-6-14(13)11-15;1-13(2,3)19-11(18)7-5-4-6-9-12(15)16-8-10(14)17-9/h1-2,5-6,9-12H,3-4,7-8H2,(H3,20,21)(H2,22,23);8H,4-7H2,1-3H3,(H2,15,16). The van der Waals surface area contributed by atoms with Crippen molar-refractivity contribution in [2.24, 2.45) is 5.73 Å². The number of nitrogens with two attached hydrogens (primary N) is 3. The van der Waals surface area contributed by atoms with Gasteiger partial charge in [0.25, 0.3) is 0 Å². The number of carbonyl (C=O) groups is 1. The van der Waals surface area contributed by atoms with Crippen molar-refractivity contribution in [3.63, 3.8) is 0 Å². The molecular formula is C32H41BrN8O2. The topological polar surface area (TPSA) is 180 Å². The Labute approximate surface area is 261 Å². The molecule has 4 rings (SSSR count). The third-order valence-electron chi connectivity index (χ3n) is 6.34. The summed E-state index contributed by atoms with van der Waals surface area (Å²) in [6.07, 6.45) is 9.09. The number of halogens is 1. The molecule has 0 saturated carbocycles. The summed E-state index contributed by atoms with van der Waals surface area (Å²) in [7, 11) is 0. The van der Waals surface area contributed by atoms with E-state index >= 15 is 0 Å². The van der Waals surface area contributed by atoms with E-state index in [1.807, 2.05) is 32.9 Å². The predicted octanol–water partition coefficient (Wildman–Crippen LogP) is 6.40. The number of unbranched alkanes of at least 4 members (excludes halogenated alkanes) is 2. The Hall–Kier alpha value is -4.12. The molecule has 10 nitrogen and oxygen atoms in total. The van der Waals surface area contributed by atoms with E-state index < -0.39 is 5.60 Å². The van der Waals surface area contributed by atoms with Crippen LogP contribution in [0.25, 0.3) is 22.0 Å². The van der Waals surface area contributed by atoms with Crippen molar-refractivity contribution in [2.45, 2.75) is 77.7 Å². The molecule has 0 saturated heterocycles. The summed E-state index contributed by atoms with van der Waals surface area (Å²) < 4.78 is 5.90. The first kappa shape index (κ1) is 33.4. The number of benzene rings is 2. The number of anilines is 2. The highest BCUT2D eigenvalue weighted by Gasteiger charge is 2.15. The molecule has 0 aliphatic rings. The number of ether oxygens (including phenoxy) is 1. The van der Waals surface area contributed by atoms with Gasteiger partial charge >= 0.3 is 5.97 Å². The van der Waals surface area contributed by atoms with E-state index in [2.05, 4.69) is 61.2 Å². The SMILES string of the molecule is CC(C)(C)OC(=O)CCCCc1nc(Br)cnc1N.N=C(N)CCCCc1nc(-c2ccc3ccccc3c2)cnc1N. The van der Waals surface area contributed by atoms with Gasteiger partial charge in [-0.1, -0.05) is 36.4 Å². The molecule has 4 aromatic rings. The number of aryl methyl sites for hydroxylation is 2. The fourth-order valence-electron chi connectivity index (χ4n) is 4.27. The molecule has 0 bridgehead atoms. The van der Waals surface area contributed by atoms with Gasteiger partial charge in [-0.2, -0.15) is 0 Å². The average molecular weight is 650 g/mol. The van der Waals surface area contributed by atoms with Gasteiger partial charge in [0.05, 0.1) is 35.3 Å². The molecule has 0 aliphatic heterocycles. The second-order valence-corrected chi connectivity index (χ2v) is 12.0. The highest BCUT2D eigenvalue weighted by Crippen LogP contribution is 2.24. The second-order valence-electron chi connectivity index (χ2n) is 11.2. The Morgan fingerprint density at radius 3 is 2.12 bits per heavy atom. The third kappa shape index (κ3) is 11.6. The van der Waals surface area contributed by atoms with Crippen LogP contribution in [0.15, 0.2) is 59.5 Å². The van der Waals surface area contributed by atoms with Gasteiger partial charge in [0, 0.05) is 18.4 Å². The van der Waals surface area contributed by atoms with Crippen LogP contribution in [0.3, 0.4) is 0 Å². The zero-order valence-corrected chi connectivity index (χ0v) is 26.7. The Morgan fingerprint density at radius 2 is 1.47 bits per heavy atom. The maximum absolute atomic E-state index is 11.5. The van der Waals surface area contributed by atoms with Gasteiger partial charge in [0.15, 0.2) is 0 Å². The first-order chi connectivity index (χ1) is 20.4. The maximum atomic E-state index is 11.5. The van der Waals surface area contributed by atoms with Crippen molar-refractivity contribution in [1.82, 2.24) is 19.9 Å². The van der Waals surface area contributed by atoms with Gasteiger partial charge in [-0.05, 0) is 92.1 Å². The zero-order valence-electron chi connectivity index (χ0n) is 25.1. The van der Waals surface area contributed by atoms with Crippen molar-refractivity contribution in [1.29, 1.82) is 5.41 Å². The molecule has 2 aromatic carbocycles. The molecule has 2 heterocycles. The van der Waals surface area contributed by atoms with E-state index in [0.29, 0.717) is 35.5 Å². The summed E-state index contributed by atoms with van der Waals surface area (Å²) in [6.45, 7) is 5.59. The van der Waals surface area contributed by atoms with Crippen LogP contribution in [0.4, 0.5) is 11.6 Å². The number of nitrogen functional groups attached to an aromatic ring is 2. The summed E-state index contributed by atoms with van der Waals surface area (Å²) in [5, 5.41) is 9.64. The van der Waals surface area contributed by atoms with E-state index in [9.17, 15) is 4.79 Å². The number of rotatable bonds is 11. The molecule has 11 heteroatoms. The lowest BCUT2D eigenvalue weighted by molar-refractivity contribution is -0.154. The van der Waals surface area contributed by atoms with Crippen LogP contribution in [-0.4, -0.2) is 37.3 Å². The van der Waals surface area contributed by atoms with Crippen LogP contribution >= 0.6 is 15.9 Å². The number of hydrogen-bond donors (Lipinski definition) is 4. The fraction of sp³-hybridized carbons (Fsp3) is 0.375. The van der Waals surface area contributed by atoms with Crippen molar-refractivity contribution < 1.29 is 9.53 Å². The first-order valence-corrected chi connectivity index (χ1v) is 15.1. The number of amidine groups is 1. The van der Waals surface area contributed by atoms with Gasteiger partial charge in [-0.25, -0.2) is 19.9 Å². The monoisotopic (exact) mass is 648 g/mol. The van der Waals surface area contributed by atoms with Gasteiger partial charge in [-0.3, -0.25) is 10.2 Å². The molecule has 228 valence electrons. The number of hydrogen-bond acceptors (Lipinski definition) is 9. The van der Waals surface area contributed by atoms with E-state index in [4.69, 9.17) is 32.3 Å². The average Bonchev–Trinajstić information content (AvgIpc) is 2.95. The van der Waals surface area contributed by atoms with Crippen LogP contribution in [0, 0.1) is 5.41 Å². The number of aromatic nitrogens is 4. The maximum Gasteiger partial charge on any atom is 0.306 e. The highest BCUT2D eigenvalue weighted by molar-refractivity contribution is 9.10. The molecule has 0 radical (unpaired) electrons. The van der Waals surface area contributed by atoms with Crippen molar-refractivity contribution in [2.75, 3.05) is 11.5 Å². The van der Waals surface area contributed by atoms with E-state index in [1.54, 1.807) is 12.4 Å². The highest BCUT2D eigenvalue weighted by atomic mass is 79.9. The Balaban J connectivity index is 0.000000243. The lowest BCUT2D eigenvalue weighted by Crippen LogP contribution is -2.23. The summed E-state index contributed by atoms with van der Waals surface area (Å²) in [5.41, 5.74) is 20.1. The lowest BCUT2D eigenvalue weighted by Gasteiger charge is -2.19. The number of nitrogens with one attached hydrogen (secondary N) is 1.